The smallest absolute Gasteiger partial charge is 0.253 e. The van der Waals surface area contributed by atoms with Crippen LogP contribution in [0.3, 0.4) is 0 Å². The van der Waals surface area contributed by atoms with Gasteiger partial charge in [-0.3, -0.25) is 19.3 Å². The number of nitrogens with zero attached hydrogens (tertiary/aromatic N) is 1. The Kier molecular flexibility index (Phi) is 12.5. The van der Waals surface area contributed by atoms with Crippen molar-refractivity contribution in [2.45, 2.75) is 53.4 Å². The van der Waals surface area contributed by atoms with Crippen molar-refractivity contribution in [3.63, 3.8) is 0 Å². The lowest BCUT2D eigenvalue weighted by atomic mass is 10.1. The van der Waals surface area contributed by atoms with E-state index in [4.69, 9.17) is 9.47 Å². The molecule has 0 fully saturated rings. The molecule has 0 saturated heterocycles. The number of nitrogens with one attached hydrogen (secondary N) is 1. The summed E-state index contributed by atoms with van der Waals surface area (Å²) in [5, 5.41) is 2.90. The summed E-state index contributed by atoms with van der Waals surface area (Å²) in [6.07, 6.45) is 5.41. The lowest BCUT2D eigenvalue weighted by Gasteiger charge is -2.19. The Morgan fingerprint density at radius 3 is 2.07 bits per heavy atom. The zero-order valence-corrected chi connectivity index (χ0v) is 18.4. The number of rotatable bonds is 16. The molecule has 7 nitrogen and oxygen atoms in total. The first-order chi connectivity index (χ1) is 13.8. The second kappa shape index (κ2) is 14.3. The highest BCUT2D eigenvalue weighted by Crippen LogP contribution is 2.08. The zero-order valence-electron chi connectivity index (χ0n) is 18.4. The second-order valence-electron chi connectivity index (χ2n) is 8.42. The molecule has 1 aliphatic rings. The summed E-state index contributed by atoms with van der Waals surface area (Å²) in [5.74, 6) is 0.481. The number of amides is 3. The van der Waals surface area contributed by atoms with E-state index in [-0.39, 0.29) is 36.6 Å². The zero-order chi connectivity index (χ0) is 21.6. The van der Waals surface area contributed by atoms with Gasteiger partial charge < -0.3 is 14.8 Å². The Labute approximate surface area is 175 Å². The van der Waals surface area contributed by atoms with Gasteiger partial charge in [-0.1, -0.05) is 27.7 Å². The van der Waals surface area contributed by atoms with Gasteiger partial charge in [0.15, 0.2) is 0 Å². The summed E-state index contributed by atoms with van der Waals surface area (Å²) in [6, 6.07) is 0. The SMILES string of the molecule is CC(C)CCOCCC(CNC(=O)CCN1C(=O)C=CC1=O)COCCC(C)C. The molecule has 0 aromatic heterocycles. The lowest BCUT2D eigenvalue weighted by molar-refractivity contribution is -0.137. The summed E-state index contributed by atoms with van der Waals surface area (Å²) in [7, 11) is 0. The highest BCUT2D eigenvalue weighted by molar-refractivity contribution is 6.13. The standard InChI is InChI=1S/C22H38N2O5/c1-17(2)8-12-28-14-10-19(16-29-13-9-18(3)4)15-23-20(25)7-11-24-21(26)5-6-22(24)27/h5-6,17-19H,7-16H2,1-4H3,(H,23,25). The number of hydrogen-bond acceptors (Lipinski definition) is 5. The van der Waals surface area contributed by atoms with E-state index in [1.807, 2.05) is 0 Å². The first-order valence-corrected chi connectivity index (χ1v) is 10.7. The van der Waals surface area contributed by atoms with Crippen LogP contribution in [-0.2, 0) is 23.9 Å². The van der Waals surface area contributed by atoms with Crippen molar-refractivity contribution in [3.8, 4) is 0 Å². The summed E-state index contributed by atoms with van der Waals surface area (Å²) in [6.45, 7) is 11.9. The van der Waals surface area contributed by atoms with E-state index in [9.17, 15) is 14.4 Å². The van der Waals surface area contributed by atoms with E-state index in [1.54, 1.807) is 0 Å². The van der Waals surface area contributed by atoms with Crippen molar-refractivity contribution in [3.05, 3.63) is 12.2 Å². The Hall–Kier alpha value is -1.73. The van der Waals surface area contributed by atoms with Gasteiger partial charge in [0, 0.05) is 57.4 Å². The van der Waals surface area contributed by atoms with Gasteiger partial charge in [0.25, 0.3) is 11.8 Å². The van der Waals surface area contributed by atoms with Crippen molar-refractivity contribution in [2.75, 3.05) is 39.5 Å². The monoisotopic (exact) mass is 410 g/mol. The number of imide groups is 1. The maximum atomic E-state index is 12.1. The predicted octanol–water partition coefficient (Wildman–Crippen LogP) is 2.55. The minimum absolute atomic E-state index is 0.102. The lowest BCUT2D eigenvalue weighted by Crippen LogP contribution is -2.37. The number of ether oxygens (including phenoxy) is 2. The molecule has 1 heterocycles. The third-order valence-electron chi connectivity index (χ3n) is 4.75. The van der Waals surface area contributed by atoms with E-state index in [1.165, 1.54) is 12.2 Å². The van der Waals surface area contributed by atoms with Crippen LogP contribution in [0.25, 0.3) is 0 Å². The van der Waals surface area contributed by atoms with Crippen LogP contribution in [0.15, 0.2) is 12.2 Å². The molecule has 0 aliphatic carbocycles. The van der Waals surface area contributed by atoms with E-state index in [0.29, 0.717) is 38.2 Å². The fraction of sp³-hybridized carbons (Fsp3) is 0.773. The van der Waals surface area contributed by atoms with Gasteiger partial charge >= 0.3 is 0 Å². The van der Waals surface area contributed by atoms with Crippen LogP contribution in [0.5, 0.6) is 0 Å². The normalized spacial score (nSPS) is 15.0. The summed E-state index contributed by atoms with van der Waals surface area (Å²) in [5.41, 5.74) is 0. The Bertz CT molecular complexity index is 527. The first kappa shape index (κ1) is 25.3. The molecule has 0 radical (unpaired) electrons. The van der Waals surface area contributed by atoms with Crippen molar-refractivity contribution in [2.24, 2.45) is 17.8 Å². The van der Waals surface area contributed by atoms with Gasteiger partial charge in [-0.25, -0.2) is 0 Å². The molecule has 1 atom stereocenters. The Morgan fingerprint density at radius 2 is 1.48 bits per heavy atom. The first-order valence-electron chi connectivity index (χ1n) is 10.7. The average molecular weight is 411 g/mol. The molecule has 29 heavy (non-hydrogen) atoms. The van der Waals surface area contributed by atoms with E-state index in [0.717, 1.165) is 30.8 Å². The van der Waals surface area contributed by atoms with E-state index >= 15 is 0 Å². The van der Waals surface area contributed by atoms with Crippen molar-refractivity contribution in [1.29, 1.82) is 0 Å². The van der Waals surface area contributed by atoms with Gasteiger partial charge in [0.1, 0.15) is 0 Å². The molecule has 0 aromatic rings. The number of carbonyl (C=O) groups is 3. The molecule has 0 saturated carbocycles. The fourth-order valence-electron chi connectivity index (χ4n) is 2.70. The van der Waals surface area contributed by atoms with Crippen LogP contribution in [0.4, 0.5) is 0 Å². The van der Waals surface area contributed by atoms with Gasteiger partial charge in [0.05, 0.1) is 6.61 Å². The van der Waals surface area contributed by atoms with Crippen LogP contribution >= 0.6 is 0 Å². The largest absolute Gasteiger partial charge is 0.381 e. The summed E-state index contributed by atoms with van der Waals surface area (Å²) < 4.78 is 11.5. The van der Waals surface area contributed by atoms with Crippen LogP contribution in [0, 0.1) is 17.8 Å². The molecule has 1 rings (SSSR count). The van der Waals surface area contributed by atoms with Gasteiger partial charge in [0.2, 0.25) is 5.91 Å². The van der Waals surface area contributed by atoms with Crippen LogP contribution in [0.2, 0.25) is 0 Å². The van der Waals surface area contributed by atoms with E-state index < -0.39 is 0 Å². The van der Waals surface area contributed by atoms with Crippen LogP contribution in [0.1, 0.15) is 53.4 Å². The molecule has 166 valence electrons. The third-order valence-corrected chi connectivity index (χ3v) is 4.75. The van der Waals surface area contributed by atoms with Gasteiger partial charge in [-0.15, -0.1) is 0 Å². The maximum Gasteiger partial charge on any atom is 0.253 e. The minimum atomic E-state index is -0.363. The molecule has 1 unspecified atom stereocenters. The predicted molar refractivity (Wildman–Crippen MR) is 112 cm³/mol. The third kappa shape index (κ3) is 11.8. The highest BCUT2D eigenvalue weighted by atomic mass is 16.5. The Balaban J connectivity index is 2.32. The molecule has 1 aliphatic heterocycles. The van der Waals surface area contributed by atoms with Gasteiger partial charge in [-0.05, 0) is 31.1 Å². The topological polar surface area (TPSA) is 84.9 Å². The fourth-order valence-corrected chi connectivity index (χ4v) is 2.70. The molecule has 7 heteroatoms. The highest BCUT2D eigenvalue weighted by Gasteiger charge is 2.23. The second-order valence-corrected chi connectivity index (χ2v) is 8.42. The minimum Gasteiger partial charge on any atom is -0.381 e. The number of hydrogen-bond donors (Lipinski definition) is 1. The van der Waals surface area contributed by atoms with E-state index in [2.05, 4.69) is 33.0 Å². The molecule has 0 bridgehead atoms. The molecular weight excluding hydrogens is 372 g/mol. The number of carbonyl (C=O) groups excluding carboxylic acids is 3. The van der Waals surface area contributed by atoms with Crippen LogP contribution < -0.4 is 5.32 Å². The van der Waals surface area contributed by atoms with Crippen molar-refractivity contribution in [1.82, 2.24) is 10.2 Å². The maximum absolute atomic E-state index is 12.1. The molecule has 3 amide bonds. The van der Waals surface area contributed by atoms with Crippen molar-refractivity contribution >= 4 is 17.7 Å². The van der Waals surface area contributed by atoms with Crippen LogP contribution in [-0.4, -0.2) is 62.1 Å². The Morgan fingerprint density at radius 1 is 0.931 bits per heavy atom. The summed E-state index contributed by atoms with van der Waals surface area (Å²) in [4.78, 5) is 36.3. The quantitative estimate of drug-likeness (QED) is 0.312. The molecule has 0 spiro atoms. The summed E-state index contributed by atoms with van der Waals surface area (Å²) >= 11 is 0. The molecule has 1 N–H and O–H groups in total. The van der Waals surface area contributed by atoms with Crippen molar-refractivity contribution < 1.29 is 23.9 Å². The molecule has 0 aromatic carbocycles. The molecular formula is C22H38N2O5. The van der Waals surface area contributed by atoms with Gasteiger partial charge in [-0.2, -0.15) is 0 Å². The average Bonchev–Trinajstić information content (AvgIpc) is 2.97.